The van der Waals surface area contributed by atoms with Crippen LogP contribution >= 0.6 is 23.2 Å². The lowest BCUT2D eigenvalue weighted by Crippen LogP contribution is -2.43. The molecule has 90 valence electrons. The minimum Gasteiger partial charge on any atom is -0.422 e. The zero-order valence-electron chi connectivity index (χ0n) is 9.04. The molecule has 1 fully saturated rings. The van der Waals surface area contributed by atoms with Crippen molar-refractivity contribution >= 4 is 40.3 Å². The number of oxazole rings is 1. The summed E-state index contributed by atoms with van der Waals surface area (Å²) in [5.74, 6) is 0. The van der Waals surface area contributed by atoms with Gasteiger partial charge in [0, 0.05) is 26.2 Å². The van der Waals surface area contributed by atoms with Gasteiger partial charge in [-0.25, -0.2) is 0 Å². The van der Waals surface area contributed by atoms with Gasteiger partial charge in [-0.3, -0.25) is 0 Å². The van der Waals surface area contributed by atoms with Crippen LogP contribution in [-0.2, 0) is 0 Å². The molecule has 0 atom stereocenters. The first-order chi connectivity index (χ1) is 8.25. The Morgan fingerprint density at radius 2 is 1.88 bits per heavy atom. The number of rotatable bonds is 1. The molecule has 0 spiro atoms. The predicted molar refractivity (Wildman–Crippen MR) is 69.1 cm³/mol. The van der Waals surface area contributed by atoms with Crippen molar-refractivity contribution in [3.8, 4) is 0 Å². The van der Waals surface area contributed by atoms with Gasteiger partial charge < -0.3 is 14.6 Å². The van der Waals surface area contributed by atoms with Gasteiger partial charge in [0.2, 0.25) is 0 Å². The predicted octanol–water partition coefficient (Wildman–Crippen LogP) is 2.54. The zero-order chi connectivity index (χ0) is 11.8. The minimum atomic E-state index is 0.540. The van der Waals surface area contributed by atoms with Crippen molar-refractivity contribution in [3.63, 3.8) is 0 Å². The number of aromatic nitrogens is 1. The van der Waals surface area contributed by atoms with Crippen molar-refractivity contribution < 1.29 is 4.42 Å². The maximum Gasteiger partial charge on any atom is 0.298 e. The first kappa shape index (κ1) is 11.1. The Balaban J connectivity index is 2.06. The summed E-state index contributed by atoms with van der Waals surface area (Å²) in [5, 5.41) is 4.38. The molecule has 0 saturated carbocycles. The quantitative estimate of drug-likeness (QED) is 0.866. The topological polar surface area (TPSA) is 41.3 Å². The molecule has 0 radical (unpaired) electrons. The fourth-order valence-corrected chi connectivity index (χ4v) is 2.31. The van der Waals surface area contributed by atoms with E-state index in [1.165, 1.54) is 0 Å². The SMILES string of the molecule is Clc1ccc(Cl)c2oc(N3CCNCC3)nc12. The van der Waals surface area contributed by atoms with Crippen LogP contribution in [0.3, 0.4) is 0 Å². The van der Waals surface area contributed by atoms with Crippen molar-refractivity contribution in [3.05, 3.63) is 22.2 Å². The second-order valence-corrected chi connectivity index (χ2v) is 4.75. The van der Waals surface area contributed by atoms with Gasteiger partial charge in [0.05, 0.1) is 10.0 Å². The Morgan fingerprint density at radius 3 is 2.59 bits per heavy atom. The molecule has 0 aliphatic carbocycles. The van der Waals surface area contributed by atoms with Crippen LogP contribution in [0.15, 0.2) is 16.5 Å². The van der Waals surface area contributed by atoms with E-state index >= 15 is 0 Å². The highest BCUT2D eigenvalue weighted by atomic mass is 35.5. The van der Waals surface area contributed by atoms with Crippen LogP contribution in [0, 0.1) is 0 Å². The lowest BCUT2D eigenvalue weighted by molar-refractivity contribution is 0.517. The molecule has 1 aliphatic rings. The normalized spacial score (nSPS) is 16.7. The number of anilines is 1. The van der Waals surface area contributed by atoms with Gasteiger partial charge in [-0.2, -0.15) is 4.98 Å². The minimum absolute atomic E-state index is 0.540. The molecule has 0 bridgehead atoms. The third kappa shape index (κ3) is 1.97. The molecule has 1 saturated heterocycles. The van der Waals surface area contributed by atoms with Gasteiger partial charge >= 0.3 is 0 Å². The number of hydrogen-bond acceptors (Lipinski definition) is 4. The molecule has 0 amide bonds. The molecular weight excluding hydrogens is 261 g/mol. The average Bonchev–Trinajstić information content (AvgIpc) is 2.81. The van der Waals surface area contributed by atoms with E-state index in [4.69, 9.17) is 27.6 Å². The van der Waals surface area contributed by atoms with Crippen molar-refractivity contribution in [2.75, 3.05) is 31.1 Å². The second kappa shape index (κ2) is 4.37. The van der Waals surface area contributed by atoms with Crippen LogP contribution in [0.5, 0.6) is 0 Å². The third-order valence-corrected chi connectivity index (χ3v) is 3.43. The molecule has 17 heavy (non-hydrogen) atoms. The summed E-state index contributed by atoms with van der Waals surface area (Å²) < 4.78 is 5.69. The molecule has 2 heterocycles. The van der Waals surface area contributed by atoms with Crippen molar-refractivity contribution in [1.82, 2.24) is 10.3 Å². The lowest BCUT2D eigenvalue weighted by atomic mass is 10.3. The first-order valence-corrected chi connectivity index (χ1v) is 6.21. The molecule has 2 aromatic rings. The standard InChI is InChI=1S/C11H11Cl2N3O/c12-7-1-2-8(13)10-9(7)15-11(17-10)16-5-3-14-4-6-16/h1-2,14H,3-6H2. The highest BCUT2D eigenvalue weighted by Crippen LogP contribution is 2.32. The van der Waals surface area contributed by atoms with E-state index in [2.05, 4.69) is 15.2 Å². The number of fused-ring (bicyclic) bond motifs is 1. The van der Waals surface area contributed by atoms with Gasteiger partial charge in [0.25, 0.3) is 6.01 Å². The summed E-state index contributed by atoms with van der Waals surface area (Å²) in [4.78, 5) is 6.50. The van der Waals surface area contributed by atoms with E-state index in [0.29, 0.717) is 27.2 Å². The van der Waals surface area contributed by atoms with Crippen LogP contribution in [0.25, 0.3) is 11.1 Å². The van der Waals surface area contributed by atoms with Gasteiger partial charge in [-0.15, -0.1) is 0 Å². The van der Waals surface area contributed by atoms with Gasteiger partial charge in [0.15, 0.2) is 5.58 Å². The second-order valence-electron chi connectivity index (χ2n) is 3.94. The number of halogens is 2. The first-order valence-electron chi connectivity index (χ1n) is 5.46. The molecule has 4 nitrogen and oxygen atoms in total. The Hall–Kier alpha value is -0.970. The van der Waals surface area contributed by atoms with E-state index in [9.17, 15) is 0 Å². The summed E-state index contributed by atoms with van der Waals surface area (Å²) in [5.41, 5.74) is 1.19. The van der Waals surface area contributed by atoms with Crippen LogP contribution in [-0.4, -0.2) is 31.2 Å². The molecule has 3 rings (SSSR count). The molecule has 0 unspecified atom stereocenters. The average molecular weight is 272 g/mol. The third-order valence-electron chi connectivity index (χ3n) is 2.82. The van der Waals surface area contributed by atoms with E-state index in [1.807, 2.05) is 0 Å². The smallest absolute Gasteiger partial charge is 0.298 e. The Kier molecular flexibility index (Phi) is 2.86. The van der Waals surface area contributed by atoms with Crippen molar-refractivity contribution in [1.29, 1.82) is 0 Å². The van der Waals surface area contributed by atoms with E-state index in [1.54, 1.807) is 12.1 Å². The molecular formula is C11H11Cl2N3O. The summed E-state index contributed by atoms with van der Waals surface area (Å²) in [6.45, 7) is 3.62. The molecule has 6 heteroatoms. The van der Waals surface area contributed by atoms with Crippen molar-refractivity contribution in [2.45, 2.75) is 0 Å². The highest BCUT2D eigenvalue weighted by Gasteiger charge is 2.18. The largest absolute Gasteiger partial charge is 0.422 e. The summed E-state index contributed by atoms with van der Waals surface area (Å²) in [7, 11) is 0. The lowest BCUT2D eigenvalue weighted by Gasteiger charge is -2.25. The maximum atomic E-state index is 6.07. The Morgan fingerprint density at radius 1 is 1.18 bits per heavy atom. The fourth-order valence-electron chi connectivity index (χ4n) is 1.92. The number of nitrogens with zero attached hydrogens (tertiary/aromatic N) is 2. The van der Waals surface area contributed by atoms with E-state index in [-0.39, 0.29) is 0 Å². The van der Waals surface area contributed by atoms with E-state index in [0.717, 1.165) is 26.2 Å². The maximum absolute atomic E-state index is 6.07. The van der Waals surface area contributed by atoms with Crippen LogP contribution in [0.1, 0.15) is 0 Å². The van der Waals surface area contributed by atoms with Crippen LogP contribution < -0.4 is 10.2 Å². The van der Waals surface area contributed by atoms with Crippen LogP contribution in [0.2, 0.25) is 10.0 Å². The molecule has 1 aliphatic heterocycles. The fraction of sp³-hybridized carbons (Fsp3) is 0.364. The van der Waals surface area contributed by atoms with Gasteiger partial charge in [-0.1, -0.05) is 23.2 Å². The number of nitrogens with one attached hydrogen (secondary N) is 1. The summed E-state index contributed by atoms with van der Waals surface area (Å²) >= 11 is 12.1. The van der Waals surface area contributed by atoms with Crippen molar-refractivity contribution in [2.24, 2.45) is 0 Å². The Labute approximate surface area is 108 Å². The monoisotopic (exact) mass is 271 g/mol. The summed E-state index contributed by atoms with van der Waals surface area (Å²) in [6, 6.07) is 4.05. The number of hydrogen-bond donors (Lipinski definition) is 1. The zero-order valence-corrected chi connectivity index (χ0v) is 10.6. The molecule has 1 aromatic carbocycles. The van der Waals surface area contributed by atoms with Gasteiger partial charge in [0.1, 0.15) is 5.52 Å². The number of benzene rings is 1. The van der Waals surface area contributed by atoms with Crippen LogP contribution in [0.4, 0.5) is 6.01 Å². The Bertz CT molecular complexity index is 510. The summed E-state index contributed by atoms with van der Waals surface area (Å²) in [6.07, 6.45) is 0. The molecule has 1 N–H and O–H groups in total. The highest BCUT2D eigenvalue weighted by molar-refractivity contribution is 6.39. The number of piperazine rings is 1. The van der Waals surface area contributed by atoms with Gasteiger partial charge in [-0.05, 0) is 12.1 Å². The molecule has 1 aromatic heterocycles. The van der Waals surface area contributed by atoms with E-state index < -0.39 is 0 Å².